The van der Waals surface area contributed by atoms with E-state index in [1.54, 1.807) is 7.11 Å². The van der Waals surface area contributed by atoms with E-state index in [1.165, 1.54) is 18.7 Å². The van der Waals surface area contributed by atoms with Gasteiger partial charge in [0.2, 0.25) is 0 Å². The molecule has 0 amide bonds. The molecule has 0 radical (unpaired) electrons. The summed E-state index contributed by atoms with van der Waals surface area (Å²) in [6.45, 7) is 0. The minimum Gasteiger partial charge on any atom is -0.496 e. The fraction of sp³-hybridized carbons (Fsp3) is 0.154. The largest absolute Gasteiger partial charge is 0.496 e. The van der Waals surface area contributed by atoms with Gasteiger partial charge in [0.05, 0.1) is 17.1 Å². The molecule has 1 heterocycles. The summed E-state index contributed by atoms with van der Waals surface area (Å²) in [4.78, 5) is 19.6. The van der Waals surface area contributed by atoms with E-state index in [9.17, 15) is 4.79 Å². The molecule has 0 unspecified atom stereocenters. The van der Waals surface area contributed by atoms with E-state index in [-0.39, 0.29) is 5.78 Å². The first kappa shape index (κ1) is 12.7. The maximum absolute atomic E-state index is 12.0. The molecule has 0 atom stereocenters. The number of halogens is 1. The molecule has 0 spiro atoms. The number of aromatic nitrogens is 2. The number of ether oxygens (including phenoxy) is 1. The molecule has 0 bridgehead atoms. The maximum atomic E-state index is 12.0. The number of carbonyl (C=O) groups excluding carboxylic acids is 1. The van der Waals surface area contributed by atoms with Crippen LogP contribution in [0.5, 0.6) is 5.75 Å². The summed E-state index contributed by atoms with van der Waals surface area (Å²) in [5.74, 6) is 0.738. The van der Waals surface area contributed by atoms with Gasteiger partial charge < -0.3 is 4.74 Å². The van der Waals surface area contributed by atoms with E-state index in [2.05, 4.69) is 25.9 Å². The average molecular weight is 307 g/mol. The van der Waals surface area contributed by atoms with Crippen molar-refractivity contribution in [3.8, 4) is 5.75 Å². The Kier molecular flexibility index (Phi) is 4.04. The number of Topliss-reactive ketones (excluding diaryl/α,β-unsaturated/α-hetero) is 1. The van der Waals surface area contributed by atoms with Crippen molar-refractivity contribution >= 4 is 21.7 Å². The fourth-order valence-corrected chi connectivity index (χ4v) is 2.14. The second-order valence-electron chi connectivity index (χ2n) is 3.70. The van der Waals surface area contributed by atoms with Crippen LogP contribution in [0.25, 0.3) is 0 Å². The monoisotopic (exact) mass is 306 g/mol. The summed E-state index contributed by atoms with van der Waals surface area (Å²) in [6, 6.07) is 5.57. The smallest absolute Gasteiger partial charge is 0.170 e. The number of nitrogens with zero attached hydrogens (tertiary/aromatic N) is 2. The second-order valence-corrected chi connectivity index (χ2v) is 4.55. The van der Waals surface area contributed by atoms with Crippen LogP contribution in [0.15, 0.2) is 41.4 Å². The van der Waals surface area contributed by atoms with Gasteiger partial charge in [-0.15, -0.1) is 0 Å². The Morgan fingerprint density at radius 1 is 1.33 bits per heavy atom. The third-order valence-electron chi connectivity index (χ3n) is 2.46. The minimum absolute atomic E-state index is 0.00679. The van der Waals surface area contributed by atoms with Crippen LogP contribution in [0.2, 0.25) is 0 Å². The predicted octanol–water partition coefficient (Wildman–Crippen LogP) is 2.67. The molecule has 0 saturated carbocycles. The topological polar surface area (TPSA) is 52.1 Å². The van der Waals surface area contributed by atoms with Crippen molar-refractivity contribution in [2.24, 2.45) is 0 Å². The third-order valence-corrected chi connectivity index (χ3v) is 3.08. The van der Waals surface area contributed by atoms with Crippen molar-refractivity contribution < 1.29 is 9.53 Å². The molecule has 2 rings (SSSR count). The van der Waals surface area contributed by atoms with Gasteiger partial charge in [-0.2, -0.15) is 0 Å². The Labute approximate surface area is 113 Å². The molecule has 92 valence electrons. The lowest BCUT2D eigenvalue weighted by molar-refractivity contribution is 0.0992. The highest BCUT2D eigenvalue weighted by molar-refractivity contribution is 9.10. The molecule has 5 heteroatoms. The van der Waals surface area contributed by atoms with Crippen LogP contribution in [0.3, 0.4) is 0 Å². The van der Waals surface area contributed by atoms with Crippen LogP contribution >= 0.6 is 15.9 Å². The number of carbonyl (C=O) groups is 1. The number of hydrogen-bond donors (Lipinski definition) is 0. The molecule has 0 aliphatic rings. The van der Waals surface area contributed by atoms with Crippen molar-refractivity contribution in [2.45, 2.75) is 6.42 Å². The Morgan fingerprint density at radius 2 is 2.06 bits per heavy atom. The molecule has 4 nitrogen and oxygen atoms in total. The van der Waals surface area contributed by atoms with E-state index in [4.69, 9.17) is 4.74 Å². The zero-order valence-corrected chi connectivity index (χ0v) is 11.3. The van der Waals surface area contributed by atoms with Gasteiger partial charge in [0.15, 0.2) is 5.78 Å². The SMILES string of the molecule is COc1ccc(CC(=O)c2cncnc2)cc1Br. The highest BCUT2D eigenvalue weighted by atomic mass is 79.9. The molecule has 0 aliphatic carbocycles. The van der Waals surface area contributed by atoms with E-state index in [1.807, 2.05) is 18.2 Å². The zero-order chi connectivity index (χ0) is 13.0. The molecule has 1 aromatic carbocycles. The summed E-state index contributed by atoms with van der Waals surface area (Å²) in [5.41, 5.74) is 1.43. The number of methoxy groups -OCH3 is 1. The molecule has 1 aromatic heterocycles. The van der Waals surface area contributed by atoms with Gasteiger partial charge in [0, 0.05) is 18.8 Å². The van der Waals surface area contributed by atoms with Crippen LogP contribution in [0.1, 0.15) is 15.9 Å². The van der Waals surface area contributed by atoms with Crippen molar-refractivity contribution in [1.29, 1.82) is 0 Å². The Balaban J connectivity index is 2.15. The van der Waals surface area contributed by atoms with Gasteiger partial charge >= 0.3 is 0 Å². The summed E-state index contributed by atoms with van der Waals surface area (Å²) in [7, 11) is 1.60. The lowest BCUT2D eigenvalue weighted by Crippen LogP contribution is -2.04. The van der Waals surface area contributed by atoms with Gasteiger partial charge in [-0.1, -0.05) is 6.07 Å². The lowest BCUT2D eigenvalue weighted by atomic mass is 10.1. The van der Waals surface area contributed by atoms with E-state index >= 15 is 0 Å². The van der Waals surface area contributed by atoms with Gasteiger partial charge in [-0.05, 0) is 33.6 Å². The van der Waals surface area contributed by atoms with E-state index in [0.717, 1.165) is 15.8 Å². The molecule has 0 saturated heterocycles. The van der Waals surface area contributed by atoms with Crippen molar-refractivity contribution in [2.75, 3.05) is 7.11 Å². The van der Waals surface area contributed by atoms with Crippen LogP contribution in [0, 0.1) is 0 Å². The first-order valence-electron chi connectivity index (χ1n) is 5.31. The summed E-state index contributed by atoms with van der Waals surface area (Å²) in [6.07, 6.45) is 4.76. The molecule has 0 fully saturated rings. The molecule has 0 aliphatic heterocycles. The number of ketones is 1. The first-order chi connectivity index (χ1) is 8.70. The standard InChI is InChI=1S/C13H11BrN2O2/c1-18-13-3-2-9(4-11(13)14)5-12(17)10-6-15-8-16-7-10/h2-4,6-8H,5H2,1H3. The summed E-state index contributed by atoms with van der Waals surface area (Å²) >= 11 is 3.39. The predicted molar refractivity (Wildman–Crippen MR) is 70.8 cm³/mol. The van der Waals surface area contributed by atoms with Crippen molar-refractivity contribution in [3.05, 3.63) is 52.5 Å². The highest BCUT2D eigenvalue weighted by Crippen LogP contribution is 2.25. The van der Waals surface area contributed by atoms with Crippen molar-refractivity contribution in [1.82, 2.24) is 9.97 Å². The number of rotatable bonds is 4. The lowest BCUT2D eigenvalue weighted by Gasteiger charge is -2.05. The van der Waals surface area contributed by atoms with E-state index in [0.29, 0.717) is 12.0 Å². The molecule has 0 N–H and O–H groups in total. The van der Waals surface area contributed by atoms with Crippen LogP contribution < -0.4 is 4.74 Å². The zero-order valence-electron chi connectivity index (χ0n) is 9.76. The second kappa shape index (κ2) is 5.73. The Bertz CT molecular complexity index is 558. The number of hydrogen-bond acceptors (Lipinski definition) is 4. The maximum Gasteiger partial charge on any atom is 0.170 e. The van der Waals surface area contributed by atoms with Gasteiger partial charge in [0.25, 0.3) is 0 Å². The van der Waals surface area contributed by atoms with Crippen molar-refractivity contribution in [3.63, 3.8) is 0 Å². The quantitative estimate of drug-likeness (QED) is 0.815. The summed E-state index contributed by atoms with van der Waals surface area (Å²) < 4.78 is 5.97. The molecule has 18 heavy (non-hydrogen) atoms. The van der Waals surface area contributed by atoms with Gasteiger partial charge in [-0.25, -0.2) is 9.97 Å². The Hall–Kier alpha value is -1.75. The fourth-order valence-electron chi connectivity index (χ4n) is 1.55. The summed E-state index contributed by atoms with van der Waals surface area (Å²) in [5, 5.41) is 0. The molecular formula is C13H11BrN2O2. The average Bonchev–Trinajstić information content (AvgIpc) is 2.40. The normalized spacial score (nSPS) is 10.1. The first-order valence-corrected chi connectivity index (χ1v) is 6.10. The minimum atomic E-state index is -0.00679. The van der Waals surface area contributed by atoms with E-state index < -0.39 is 0 Å². The van der Waals surface area contributed by atoms with Crippen LogP contribution in [-0.4, -0.2) is 22.9 Å². The van der Waals surface area contributed by atoms with Crippen LogP contribution in [0.4, 0.5) is 0 Å². The number of benzene rings is 1. The van der Waals surface area contributed by atoms with Gasteiger partial charge in [0.1, 0.15) is 12.1 Å². The molecular weight excluding hydrogens is 296 g/mol. The highest BCUT2D eigenvalue weighted by Gasteiger charge is 2.09. The Morgan fingerprint density at radius 3 is 2.67 bits per heavy atom. The van der Waals surface area contributed by atoms with Crippen LogP contribution in [-0.2, 0) is 6.42 Å². The molecule has 2 aromatic rings. The third kappa shape index (κ3) is 2.92. The van der Waals surface area contributed by atoms with Gasteiger partial charge in [-0.3, -0.25) is 4.79 Å².